The molecule has 1 aliphatic carbocycles. The standard InChI is InChI=1S/C12H22N2O/c1-8(2)11-10(6-7-13-11)12(15)14-9-4-3-5-9/h8-11,13H,3-7H2,1-2H3,(H,14,15). The predicted octanol–water partition coefficient (Wildman–Crippen LogP) is 1.29. The van der Waals surface area contributed by atoms with E-state index < -0.39 is 0 Å². The minimum absolute atomic E-state index is 0.200. The summed E-state index contributed by atoms with van der Waals surface area (Å²) in [5, 5.41) is 6.60. The zero-order valence-electron chi connectivity index (χ0n) is 9.75. The predicted molar refractivity (Wildman–Crippen MR) is 60.5 cm³/mol. The molecule has 1 amide bonds. The molecule has 2 fully saturated rings. The van der Waals surface area contributed by atoms with E-state index in [1.165, 1.54) is 19.3 Å². The van der Waals surface area contributed by atoms with Crippen LogP contribution < -0.4 is 10.6 Å². The minimum Gasteiger partial charge on any atom is -0.353 e. The molecule has 1 saturated heterocycles. The maximum atomic E-state index is 12.0. The lowest BCUT2D eigenvalue weighted by molar-refractivity contribution is -0.126. The summed E-state index contributed by atoms with van der Waals surface area (Å²) in [6.45, 7) is 5.37. The molecule has 0 radical (unpaired) electrons. The summed E-state index contributed by atoms with van der Waals surface area (Å²) in [4.78, 5) is 12.0. The van der Waals surface area contributed by atoms with Crippen LogP contribution in [-0.4, -0.2) is 24.5 Å². The van der Waals surface area contributed by atoms with Gasteiger partial charge in [0.2, 0.25) is 5.91 Å². The molecule has 86 valence electrons. The molecule has 2 unspecified atom stereocenters. The van der Waals surface area contributed by atoms with Gasteiger partial charge in [-0.15, -0.1) is 0 Å². The van der Waals surface area contributed by atoms with Gasteiger partial charge in [0.15, 0.2) is 0 Å². The third-order valence-electron chi connectivity index (χ3n) is 3.78. The van der Waals surface area contributed by atoms with Gasteiger partial charge in [0.1, 0.15) is 0 Å². The molecule has 0 aromatic rings. The molecule has 3 heteroatoms. The highest BCUT2D eigenvalue weighted by Crippen LogP contribution is 2.24. The third kappa shape index (κ3) is 2.33. The van der Waals surface area contributed by atoms with E-state index in [0.29, 0.717) is 18.0 Å². The van der Waals surface area contributed by atoms with Crippen molar-refractivity contribution in [3.63, 3.8) is 0 Å². The summed E-state index contributed by atoms with van der Waals surface area (Å²) < 4.78 is 0. The zero-order chi connectivity index (χ0) is 10.8. The van der Waals surface area contributed by atoms with Gasteiger partial charge < -0.3 is 10.6 Å². The number of hydrogen-bond donors (Lipinski definition) is 2. The Balaban J connectivity index is 1.87. The SMILES string of the molecule is CC(C)C1NCCC1C(=O)NC1CCC1. The van der Waals surface area contributed by atoms with Gasteiger partial charge in [-0.3, -0.25) is 4.79 Å². The maximum Gasteiger partial charge on any atom is 0.224 e. The number of carbonyl (C=O) groups excluding carboxylic acids is 1. The van der Waals surface area contributed by atoms with Crippen molar-refractivity contribution >= 4 is 5.91 Å². The van der Waals surface area contributed by atoms with Crippen LogP contribution in [0.25, 0.3) is 0 Å². The van der Waals surface area contributed by atoms with Crippen molar-refractivity contribution in [2.45, 2.75) is 51.6 Å². The third-order valence-corrected chi connectivity index (χ3v) is 3.78. The van der Waals surface area contributed by atoms with Gasteiger partial charge in [-0.05, 0) is 38.1 Å². The van der Waals surface area contributed by atoms with Gasteiger partial charge in [0, 0.05) is 12.1 Å². The van der Waals surface area contributed by atoms with Crippen molar-refractivity contribution in [2.24, 2.45) is 11.8 Å². The van der Waals surface area contributed by atoms with Crippen molar-refractivity contribution < 1.29 is 4.79 Å². The quantitative estimate of drug-likeness (QED) is 0.737. The molecule has 1 aliphatic heterocycles. The fourth-order valence-electron chi connectivity index (χ4n) is 2.58. The highest BCUT2D eigenvalue weighted by molar-refractivity contribution is 5.80. The molecular weight excluding hydrogens is 188 g/mol. The van der Waals surface area contributed by atoms with E-state index in [0.717, 1.165) is 13.0 Å². The van der Waals surface area contributed by atoms with E-state index in [1.54, 1.807) is 0 Å². The van der Waals surface area contributed by atoms with Gasteiger partial charge in [0.05, 0.1) is 5.92 Å². The van der Waals surface area contributed by atoms with Crippen LogP contribution >= 0.6 is 0 Å². The van der Waals surface area contributed by atoms with E-state index in [-0.39, 0.29) is 11.8 Å². The normalized spacial score (nSPS) is 31.7. The Kier molecular flexibility index (Phi) is 3.29. The first-order valence-corrected chi connectivity index (χ1v) is 6.22. The number of carbonyl (C=O) groups is 1. The van der Waals surface area contributed by atoms with Crippen molar-refractivity contribution in [3.05, 3.63) is 0 Å². The molecular formula is C12H22N2O. The first kappa shape index (κ1) is 10.9. The lowest BCUT2D eigenvalue weighted by atomic mass is 9.88. The van der Waals surface area contributed by atoms with Crippen molar-refractivity contribution in [3.8, 4) is 0 Å². The van der Waals surface area contributed by atoms with Crippen LogP contribution in [0.15, 0.2) is 0 Å². The maximum absolute atomic E-state index is 12.0. The summed E-state index contributed by atoms with van der Waals surface area (Å²) >= 11 is 0. The van der Waals surface area contributed by atoms with Crippen LogP contribution in [0.1, 0.15) is 39.5 Å². The molecule has 2 N–H and O–H groups in total. The summed E-state index contributed by atoms with van der Waals surface area (Å²) in [7, 11) is 0. The molecule has 2 atom stereocenters. The number of rotatable bonds is 3. The number of nitrogens with one attached hydrogen (secondary N) is 2. The Hall–Kier alpha value is -0.570. The fourth-order valence-corrected chi connectivity index (χ4v) is 2.58. The highest BCUT2D eigenvalue weighted by Gasteiger charge is 2.35. The van der Waals surface area contributed by atoms with E-state index >= 15 is 0 Å². The lowest BCUT2D eigenvalue weighted by Crippen LogP contribution is -2.46. The van der Waals surface area contributed by atoms with Gasteiger partial charge in [-0.2, -0.15) is 0 Å². The van der Waals surface area contributed by atoms with Crippen LogP contribution in [0.5, 0.6) is 0 Å². The first-order chi connectivity index (χ1) is 7.18. The van der Waals surface area contributed by atoms with E-state index in [1.807, 2.05) is 0 Å². The fraction of sp³-hybridized carbons (Fsp3) is 0.917. The number of hydrogen-bond acceptors (Lipinski definition) is 2. The largest absolute Gasteiger partial charge is 0.353 e. The highest BCUT2D eigenvalue weighted by atomic mass is 16.2. The summed E-state index contributed by atoms with van der Waals surface area (Å²) in [5.41, 5.74) is 0. The Morgan fingerprint density at radius 1 is 1.33 bits per heavy atom. The minimum atomic E-state index is 0.200. The van der Waals surface area contributed by atoms with Crippen molar-refractivity contribution in [1.82, 2.24) is 10.6 Å². The van der Waals surface area contributed by atoms with Gasteiger partial charge in [-0.1, -0.05) is 13.8 Å². The molecule has 3 nitrogen and oxygen atoms in total. The Bertz CT molecular complexity index is 236. The van der Waals surface area contributed by atoms with E-state index in [9.17, 15) is 4.79 Å². The van der Waals surface area contributed by atoms with Gasteiger partial charge >= 0.3 is 0 Å². The molecule has 0 spiro atoms. The second-order valence-electron chi connectivity index (χ2n) is 5.26. The Morgan fingerprint density at radius 3 is 2.60 bits per heavy atom. The van der Waals surface area contributed by atoms with Crippen LogP contribution in [0.4, 0.5) is 0 Å². The average Bonchev–Trinajstić information content (AvgIpc) is 2.59. The van der Waals surface area contributed by atoms with Crippen molar-refractivity contribution in [1.29, 1.82) is 0 Å². The van der Waals surface area contributed by atoms with Crippen LogP contribution in [0.2, 0.25) is 0 Å². The summed E-state index contributed by atoms with van der Waals surface area (Å²) in [6.07, 6.45) is 4.64. The number of amides is 1. The Labute approximate surface area is 92.0 Å². The van der Waals surface area contributed by atoms with Crippen molar-refractivity contribution in [2.75, 3.05) is 6.54 Å². The monoisotopic (exact) mass is 210 g/mol. The second-order valence-corrected chi connectivity index (χ2v) is 5.26. The zero-order valence-corrected chi connectivity index (χ0v) is 9.75. The molecule has 1 heterocycles. The molecule has 15 heavy (non-hydrogen) atoms. The van der Waals surface area contributed by atoms with Gasteiger partial charge in [-0.25, -0.2) is 0 Å². The molecule has 0 aromatic heterocycles. The summed E-state index contributed by atoms with van der Waals surface area (Å²) in [6, 6.07) is 0.857. The van der Waals surface area contributed by atoms with Crippen LogP contribution in [-0.2, 0) is 4.79 Å². The molecule has 1 saturated carbocycles. The first-order valence-electron chi connectivity index (χ1n) is 6.22. The van der Waals surface area contributed by atoms with Crippen LogP contribution in [0.3, 0.4) is 0 Å². The summed E-state index contributed by atoms with van der Waals surface area (Å²) in [5.74, 6) is 1.03. The Morgan fingerprint density at radius 2 is 2.07 bits per heavy atom. The molecule has 2 aliphatic rings. The lowest BCUT2D eigenvalue weighted by Gasteiger charge is -2.30. The topological polar surface area (TPSA) is 41.1 Å². The van der Waals surface area contributed by atoms with E-state index in [4.69, 9.17) is 0 Å². The molecule has 0 aromatic carbocycles. The van der Waals surface area contributed by atoms with Crippen LogP contribution in [0, 0.1) is 11.8 Å². The average molecular weight is 210 g/mol. The molecule has 0 bridgehead atoms. The van der Waals surface area contributed by atoms with E-state index in [2.05, 4.69) is 24.5 Å². The molecule has 2 rings (SSSR count). The second kappa shape index (κ2) is 4.52. The smallest absolute Gasteiger partial charge is 0.224 e. The van der Waals surface area contributed by atoms with Gasteiger partial charge in [0.25, 0.3) is 0 Å².